The molecule has 0 atom stereocenters. The van der Waals surface area contributed by atoms with Crippen molar-refractivity contribution >= 4 is 22.5 Å². The second-order valence-electron chi connectivity index (χ2n) is 4.54. The number of ether oxygens (including phenoxy) is 1. The highest BCUT2D eigenvalue weighted by molar-refractivity contribution is 6.31. The first-order chi connectivity index (χ1) is 10.3. The van der Waals surface area contributed by atoms with Gasteiger partial charge in [-0.25, -0.2) is 0 Å². The van der Waals surface area contributed by atoms with Gasteiger partial charge < -0.3 is 4.74 Å². The molecule has 0 N–H and O–H groups in total. The van der Waals surface area contributed by atoms with Gasteiger partial charge in [-0.15, -0.1) is 0 Å². The van der Waals surface area contributed by atoms with Crippen molar-refractivity contribution in [1.82, 2.24) is 4.98 Å². The minimum Gasteiger partial charge on any atom is -0.487 e. The van der Waals surface area contributed by atoms with Gasteiger partial charge in [-0.1, -0.05) is 29.8 Å². The van der Waals surface area contributed by atoms with E-state index in [-0.39, 0.29) is 0 Å². The first-order valence-corrected chi connectivity index (χ1v) is 6.81. The van der Waals surface area contributed by atoms with Gasteiger partial charge in [-0.2, -0.15) is 5.26 Å². The molecule has 0 amide bonds. The maximum absolute atomic E-state index is 9.12. The smallest absolute Gasteiger partial charge is 0.139 e. The van der Waals surface area contributed by atoms with Gasteiger partial charge in [0.05, 0.1) is 10.5 Å². The number of hydrogen-bond acceptors (Lipinski definition) is 3. The summed E-state index contributed by atoms with van der Waals surface area (Å²) < 4.78 is 5.72. The molecule has 3 aromatic rings. The van der Waals surface area contributed by atoms with Crippen molar-refractivity contribution < 1.29 is 4.74 Å². The highest BCUT2D eigenvalue weighted by atomic mass is 35.5. The largest absolute Gasteiger partial charge is 0.487 e. The molecule has 4 heteroatoms. The van der Waals surface area contributed by atoms with E-state index in [0.717, 1.165) is 16.5 Å². The van der Waals surface area contributed by atoms with Gasteiger partial charge in [0, 0.05) is 11.6 Å². The first kappa shape index (κ1) is 13.4. The third-order valence-electron chi connectivity index (χ3n) is 3.15. The molecule has 21 heavy (non-hydrogen) atoms. The normalized spacial score (nSPS) is 10.3. The minimum absolute atomic E-state index is 0.363. The van der Waals surface area contributed by atoms with Crippen LogP contribution in [0.3, 0.4) is 0 Å². The van der Waals surface area contributed by atoms with Crippen LogP contribution in [0.15, 0.2) is 54.7 Å². The molecule has 3 nitrogen and oxygen atoms in total. The lowest BCUT2D eigenvalue weighted by Gasteiger charge is -2.09. The van der Waals surface area contributed by atoms with Crippen molar-refractivity contribution in [2.24, 2.45) is 0 Å². The Hall–Kier alpha value is -2.57. The topological polar surface area (TPSA) is 45.9 Å². The first-order valence-electron chi connectivity index (χ1n) is 6.43. The van der Waals surface area contributed by atoms with Crippen molar-refractivity contribution in [3.8, 4) is 11.8 Å². The standard InChI is InChI=1S/C17H11ClN2O/c18-15-4-1-5-17(14(15)10-19)21-11-12-6-7-16-13(9-12)3-2-8-20-16/h1-9H,11H2. The molecule has 0 radical (unpaired) electrons. The summed E-state index contributed by atoms with van der Waals surface area (Å²) in [5.74, 6) is 0.497. The van der Waals surface area contributed by atoms with E-state index in [2.05, 4.69) is 11.1 Å². The molecule has 1 heterocycles. The van der Waals surface area contributed by atoms with Gasteiger partial charge in [-0.3, -0.25) is 4.98 Å². The van der Waals surface area contributed by atoms with E-state index >= 15 is 0 Å². The van der Waals surface area contributed by atoms with Gasteiger partial charge in [0.2, 0.25) is 0 Å². The lowest BCUT2D eigenvalue weighted by atomic mass is 10.1. The molecule has 0 aliphatic carbocycles. The molecule has 3 rings (SSSR count). The summed E-state index contributed by atoms with van der Waals surface area (Å²) in [4.78, 5) is 4.28. The molecule has 0 unspecified atom stereocenters. The number of nitrogens with zero attached hydrogens (tertiary/aromatic N) is 2. The zero-order valence-electron chi connectivity index (χ0n) is 11.1. The lowest BCUT2D eigenvalue weighted by molar-refractivity contribution is 0.305. The molecule has 0 aliphatic heterocycles. The molecule has 0 saturated heterocycles. The Morgan fingerprint density at radius 1 is 1.14 bits per heavy atom. The second-order valence-corrected chi connectivity index (χ2v) is 4.95. The molecule has 2 aromatic carbocycles. The SMILES string of the molecule is N#Cc1c(Cl)cccc1OCc1ccc2ncccc2c1. The molecule has 102 valence electrons. The van der Waals surface area contributed by atoms with Gasteiger partial charge in [0.15, 0.2) is 0 Å². The average molecular weight is 295 g/mol. The molecule has 0 spiro atoms. The van der Waals surface area contributed by atoms with Crippen molar-refractivity contribution in [2.75, 3.05) is 0 Å². The predicted octanol–water partition coefficient (Wildman–Crippen LogP) is 4.34. The number of rotatable bonds is 3. The van der Waals surface area contributed by atoms with Crippen LogP contribution in [0.5, 0.6) is 5.75 Å². The third kappa shape index (κ3) is 2.81. The van der Waals surface area contributed by atoms with Crippen molar-refractivity contribution in [2.45, 2.75) is 6.61 Å². The van der Waals surface area contributed by atoms with Crippen LogP contribution in [0, 0.1) is 11.3 Å². The fourth-order valence-electron chi connectivity index (χ4n) is 2.11. The Kier molecular flexibility index (Phi) is 3.72. The number of aromatic nitrogens is 1. The molecule has 0 bridgehead atoms. The van der Waals surface area contributed by atoms with Gasteiger partial charge in [0.1, 0.15) is 24.0 Å². The maximum Gasteiger partial charge on any atom is 0.139 e. The highest BCUT2D eigenvalue weighted by Gasteiger charge is 2.07. The van der Waals surface area contributed by atoms with E-state index in [1.54, 1.807) is 24.4 Å². The number of halogens is 1. The summed E-state index contributed by atoms with van der Waals surface area (Å²) in [6.07, 6.45) is 1.77. The summed E-state index contributed by atoms with van der Waals surface area (Å²) in [7, 11) is 0. The van der Waals surface area contributed by atoms with Crippen molar-refractivity contribution in [3.05, 3.63) is 70.9 Å². The Bertz CT molecular complexity index is 840. The average Bonchev–Trinajstić information content (AvgIpc) is 2.52. The van der Waals surface area contributed by atoms with Crippen LogP contribution in [0.2, 0.25) is 5.02 Å². The Morgan fingerprint density at radius 3 is 2.90 bits per heavy atom. The van der Waals surface area contributed by atoms with E-state index in [1.807, 2.05) is 30.3 Å². The molecule has 0 aliphatic rings. The van der Waals surface area contributed by atoms with Crippen LogP contribution in [0.25, 0.3) is 10.9 Å². The summed E-state index contributed by atoms with van der Waals surface area (Å²) in [6, 6.07) is 17.1. The number of nitriles is 1. The fourth-order valence-corrected chi connectivity index (χ4v) is 2.32. The van der Waals surface area contributed by atoms with E-state index in [1.165, 1.54) is 0 Å². The molecular formula is C17H11ClN2O. The molecule has 0 fully saturated rings. The Labute approximate surface area is 127 Å². The van der Waals surface area contributed by atoms with E-state index in [4.69, 9.17) is 21.6 Å². The lowest BCUT2D eigenvalue weighted by Crippen LogP contribution is -1.97. The molecule has 1 aromatic heterocycles. The zero-order valence-corrected chi connectivity index (χ0v) is 11.8. The van der Waals surface area contributed by atoms with Gasteiger partial charge in [0.25, 0.3) is 0 Å². The summed E-state index contributed by atoms with van der Waals surface area (Å²) >= 11 is 5.98. The maximum atomic E-state index is 9.12. The third-order valence-corrected chi connectivity index (χ3v) is 3.46. The quantitative estimate of drug-likeness (QED) is 0.722. The molecule has 0 saturated carbocycles. The summed E-state index contributed by atoms with van der Waals surface area (Å²) in [5.41, 5.74) is 2.32. The predicted molar refractivity (Wildman–Crippen MR) is 82.2 cm³/mol. The van der Waals surface area contributed by atoms with E-state index < -0.39 is 0 Å². The van der Waals surface area contributed by atoms with Crippen LogP contribution in [-0.4, -0.2) is 4.98 Å². The Balaban J connectivity index is 1.84. The fraction of sp³-hybridized carbons (Fsp3) is 0.0588. The molecular weight excluding hydrogens is 284 g/mol. The van der Waals surface area contributed by atoms with Crippen LogP contribution in [-0.2, 0) is 6.61 Å². The number of hydrogen-bond donors (Lipinski definition) is 0. The van der Waals surface area contributed by atoms with Crippen LogP contribution in [0.4, 0.5) is 0 Å². The summed E-state index contributed by atoms with van der Waals surface area (Å²) in [6.45, 7) is 0.375. The monoisotopic (exact) mass is 294 g/mol. The number of fused-ring (bicyclic) bond motifs is 1. The van der Waals surface area contributed by atoms with Gasteiger partial charge >= 0.3 is 0 Å². The number of benzene rings is 2. The van der Waals surface area contributed by atoms with Crippen LogP contribution >= 0.6 is 11.6 Å². The highest BCUT2D eigenvalue weighted by Crippen LogP contribution is 2.26. The van der Waals surface area contributed by atoms with Gasteiger partial charge in [-0.05, 0) is 35.9 Å². The van der Waals surface area contributed by atoms with Crippen molar-refractivity contribution in [3.63, 3.8) is 0 Å². The second kappa shape index (κ2) is 5.82. The number of pyridine rings is 1. The van der Waals surface area contributed by atoms with E-state index in [9.17, 15) is 0 Å². The van der Waals surface area contributed by atoms with Crippen molar-refractivity contribution in [1.29, 1.82) is 5.26 Å². The van der Waals surface area contributed by atoms with Crippen LogP contribution in [0.1, 0.15) is 11.1 Å². The van der Waals surface area contributed by atoms with Crippen LogP contribution < -0.4 is 4.74 Å². The Morgan fingerprint density at radius 2 is 2.05 bits per heavy atom. The summed E-state index contributed by atoms with van der Waals surface area (Å²) in [5, 5.41) is 10.6. The minimum atomic E-state index is 0.363. The van der Waals surface area contributed by atoms with E-state index in [0.29, 0.717) is 22.9 Å². The zero-order chi connectivity index (χ0) is 14.7.